The number of nitrogens with two attached hydrogens (primary N) is 1. The second kappa shape index (κ2) is 6.23. The molecule has 0 aliphatic heterocycles. The molecule has 0 aromatic heterocycles. The van der Waals surface area contributed by atoms with Crippen LogP contribution in [0.3, 0.4) is 0 Å². The molecule has 0 unspecified atom stereocenters. The Kier molecular flexibility index (Phi) is 4.56. The number of halogens is 2. The van der Waals surface area contributed by atoms with E-state index in [0.29, 0.717) is 5.56 Å². The van der Waals surface area contributed by atoms with E-state index in [0.717, 1.165) is 12.1 Å². The quantitative estimate of drug-likeness (QED) is 0.892. The smallest absolute Gasteiger partial charge is 0.248 e. The molecule has 2 aromatic carbocycles. The van der Waals surface area contributed by atoms with Gasteiger partial charge in [0, 0.05) is 12.0 Å². The van der Waals surface area contributed by atoms with Crippen LogP contribution in [0.15, 0.2) is 48.5 Å². The van der Waals surface area contributed by atoms with Gasteiger partial charge in [-0.2, -0.15) is 0 Å². The molecule has 0 saturated carbocycles. The van der Waals surface area contributed by atoms with Crippen molar-refractivity contribution in [2.75, 3.05) is 0 Å². The fraction of sp³-hybridized carbons (Fsp3) is 0.235. The van der Waals surface area contributed by atoms with E-state index in [4.69, 9.17) is 5.73 Å². The number of carbonyl (C=O) groups excluding carboxylic acids is 1. The van der Waals surface area contributed by atoms with Gasteiger partial charge in [-0.3, -0.25) is 4.79 Å². The molecule has 3 N–H and O–H groups in total. The number of aliphatic hydroxyl groups is 1. The minimum atomic E-state index is -1.81. The first-order chi connectivity index (χ1) is 10.3. The maximum absolute atomic E-state index is 14.6. The van der Waals surface area contributed by atoms with Crippen molar-refractivity contribution in [1.29, 1.82) is 0 Å². The molecule has 0 aliphatic rings. The van der Waals surface area contributed by atoms with Crippen molar-refractivity contribution < 1.29 is 18.7 Å². The Bertz CT molecular complexity index is 669. The minimum absolute atomic E-state index is 0.177. The van der Waals surface area contributed by atoms with E-state index in [2.05, 4.69) is 0 Å². The lowest BCUT2D eigenvalue weighted by Crippen LogP contribution is -2.35. The van der Waals surface area contributed by atoms with Crippen LogP contribution in [0, 0.1) is 5.82 Å². The highest BCUT2D eigenvalue weighted by Crippen LogP contribution is 2.30. The van der Waals surface area contributed by atoms with Crippen molar-refractivity contribution in [3.63, 3.8) is 0 Å². The van der Waals surface area contributed by atoms with Crippen LogP contribution in [0.25, 0.3) is 0 Å². The topological polar surface area (TPSA) is 63.3 Å². The first-order valence-electron chi connectivity index (χ1n) is 6.82. The lowest BCUT2D eigenvalue weighted by atomic mass is 9.86. The van der Waals surface area contributed by atoms with Crippen molar-refractivity contribution in [2.24, 2.45) is 5.73 Å². The summed E-state index contributed by atoms with van der Waals surface area (Å²) in [7, 11) is 0. The zero-order valence-corrected chi connectivity index (χ0v) is 12.1. The van der Waals surface area contributed by atoms with Crippen LogP contribution in [0.1, 0.15) is 28.4 Å². The van der Waals surface area contributed by atoms with Crippen LogP contribution in [-0.4, -0.2) is 17.2 Å². The highest BCUT2D eigenvalue weighted by Gasteiger charge is 2.34. The Hall–Kier alpha value is -2.27. The summed E-state index contributed by atoms with van der Waals surface area (Å²) in [6, 6.07) is 11.4. The molecule has 0 radical (unpaired) electrons. The molecule has 0 spiro atoms. The zero-order chi connectivity index (χ0) is 16.3. The van der Waals surface area contributed by atoms with E-state index in [1.54, 1.807) is 18.2 Å². The monoisotopic (exact) mass is 305 g/mol. The Morgan fingerprint density at radius 3 is 2.41 bits per heavy atom. The van der Waals surface area contributed by atoms with E-state index in [1.165, 1.54) is 25.1 Å². The van der Waals surface area contributed by atoms with E-state index in [-0.39, 0.29) is 17.5 Å². The van der Waals surface area contributed by atoms with E-state index in [9.17, 15) is 18.7 Å². The molecular formula is C17H17F2NO2. The van der Waals surface area contributed by atoms with Gasteiger partial charge < -0.3 is 10.8 Å². The van der Waals surface area contributed by atoms with E-state index in [1.807, 2.05) is 0 Å². The van der Waals surface area contributed by atoms with Gasteiger partial charge in [0.25, 0.3) is 0 Å². The summed E-state index contributed by atoms with van der Waals surface area (Å²) in [5.74, 6) is -1.11. The molecule has 2 atom stereocenters. The maximum Gasteiger partial charge on any atom is 0.248 e. The average Bonchev–Trinajstić information content (AvgIpc) is 2.48. The number of hydrogen-bond acceptors (Lipinski definition) is 2. The Morgan fingerprint density at radius 1 is 1.23 bits per heavy atom. The average molecular weight is 305 g/mol. The molecule has 2 aromatic rings. The van der Waals surface area contributed by atoms with Crippen molar-refractivity contribution in [2.45, 2.75) is 25.1 Å². The van der Waals surface area contributed by atoms with Crippen LogP contribution in [0.5, 0.6) is 0 Å². The third-order valence-corrected chi connectivity index (χ3v) is 3.72. The van der Waals surface area contributed by atoms with Crippen molar-refractivity contribution in [1.82, 2.24) is 0 Å². The van der Waals surface area contributed by atoms with Crippen LogP contribution in [0.2, 0.25) is 0 Å². The lowest BCUT2D eigenvalue weighted by molar-refractivity contribution is -0.0241. The number of benzene rings is 2. The summed E-state index contributed by atoms with van der Waals surface area (Å²) < 4.78 is 27.5. The summed E-state index contributed by atoms with van der Waals surface area (Å²) in [6.45, 7) is 1.32. The van der Waals surface area contributed by atoms with Crippen LogP contribution in [-0.2, 0) is 12.0 Å². The minimum Gasteiger partial charge on any atom is -0.382 e. The van der Waals surface area contributed by atoms with Crippen molar-refractivity contribution >= 4 is 5.91 Å². The lowest BCUT2D eigenvalue weighted by Gasteiger charge is -2.28. The van der Waals surface area contributed by atoms with Crippen LogP contribution < -0.4 is 5.73 Å². The van der Waals surface area contributed by atoms with Gasteiger partial charge in [0.15, 0.2) is 0 Å². The van der Waals surface area contributed by atoms with Crippen molar-refractivity contribution in [3.8, 4) is 0 Å². The molecule has 2 rings (SSSR count). The molecule has 0 heterocycles. The summed E-state index contributed by atoms with van der Waals surface area (Å²) in [4.78, 5) is 11.4. The van der Waals surface area contributed by atoms with Gasteiger partial charge in [0.1, 0.15) is 17.6 Å². The number of rotatable bonds is 5. The predicted octanol–water partition coefficient (Wildman–Crippen LogP) is 2.71. The first-order valence-corrected chi connectivity index (χ1v) is 6.82. The van der Waals surface area contributed by atoms with Gasteiger partial charge in [-0.1, -0.05) is 30.3 Å². The molecule has 116 valence electrons. The summed E-state index contributed by atoms with van der Waals surface area (Å²) in [5, 5.41) is 10.4. The maximum atomic E-state index is 14.6. The number of primary amides is 1. The molecule has 3 nitrogen and oxygen atoms in total. The number of alkyl halides is 1. The predicted molar refractivity (Wildman–Crippen MR) is 79.5 cm³/mol. The number of hydrogen-bond donors (Lipinski definition) is 2. The SMILES string of the molecule is C[C@](O)(c1ccc(F)cc1)[C@@H](F)Cc1ccccc1C(N)=O. The second-order valence-corrected chi connectivity index (χ2v) is 5.35. The third kappa shape index (κ3) is 3.31. The van der Waals surface area contributed by atoms with Crippen LogP contribution in [0.4, 0.5) is 8.78 Å². The van der Waals surface area contributed by atoms with Gasteiger partial charge in [-0.05, 0) is 36.2 Å². The fourth-order valence-corrected chi connectivity index (χ4v) is 2.30. The van der Waals surface area contributed by atoms with Gasteiger partial charge in [0.2, 0.25) is 5.91 Å². The summed E-state index contributed by atoms with van der Waals surface area (Å²) in [6.07, 6.45) is -1.86. The molecule has 0 bridgehead atoms. The molecule has 0 saturated heterocycles. The molecular weight excluding hydrogens is 288 g/mol. The fourth-order valence-electron chi connectivity index (χ4n) is 2.30. The van der Waals surface area contributed by atoms with E-state index < -0.39 is 23.5 Å². The van der Waals surface area contributed by atoms with Gasteiger partial charge >= 0.3 is 0 Å². The summed E-state index contributed by atoms with van der Waals surface area (Å²) >= 11 is 0. The standard InChI is InChI=1S/C17H17F2NO2/c1-17(22,12-6-8-13(18)9-7-12)15(19)10-11-4-2-3-5-14(11)16(20)21/h2-9,15,22H,10H2,1H3,(H2,20,21)/t15-,17-/m0/s1. The van der Waals surface area contributed by atoms with Gasteiger partial charge in [-0.15, -0.1) is 0 Å². The normalized spacial score (nSPS) is 15.1. The summed E-state index contributed by atoms with van der Waals surface area (Å²) in [5.41, 5.74) is 4.36. The Labute approximate surface area is 127 Å². The first kappa shape index (κ1) is 16.1. The third-order valence-electron chi connectivity index (χ3n) is 3.72. The zero-order valence-electron chi connectivity index (χ0n) is 12.1. The molecule has 5 heteroatoms. The molecule has 0 fully saturated rings. The number of carbonyl (C=O) groups is 1. The number of amides is 1. The molecule has 0 aliphatic carbocycles. The van der Waals surface area contributed by atoms with E-state index >= 15 is 0 Å². The van der Waals surface area contributed by atoms with Crippen molar-refractivity contribution in [3.05, 3.63) is 71.0 Å². The molecule has 22 heavy (non-hydrogen) atoms. The second-order valence-electron chi connectivity index (χ2n) is 5.35. The molecule has 1 amide bonds. The Balaban J connectivity index is 2.26. The largest absolute Gasteiger partial charge is 0.382 e. The Morgan fingerprint density at radius 2 is 1.82 bits per heavy atom. The highest BCUT2D eigenvalue weighted by atomic mass is 19.1. The van der Waals surface area contributed by atoms with Gasteiger partial charge in [-0.25, -0.2) is 8.78 Å². The van der Waals surface area contributed by atoms with Gasteiger partial charge in [0.05, 0.1) is 0 Å². The highest BCUT2D eigenvalue weighted by molar-refractivity contribution is 5.94. The van der Waals surface area contributed by atoms with Crippen LogP contribution >= 0.6 is 0 Å².